The molecule has 0 unspecified atom stereocenters. The number of carbonyl (C=O) groups is 2. The minimum Gasteiger partial charge on any atom is -0.836 e. The number of rotatable bonds is 8. The number of nitrogens with zero attached hydrogens (tertiary/aromatic N) is 4. The van der Waals surface area contributed by atoms with Gasteiger partial charge in [0.15, 0.2) is 12.4 Å². The third-order valence-electron chi connectivity index (χ3n) is 4.20. The predicted octanol–water partition coefficient (Wildman–Crippen LogP) is 1.96. The molecule has 0 spiro atoms. The average Bonchev–Trinajstić information content (AvgIpc) is 3.08. The summed E-state index contributed by atoms with van der Waals surface area (Å²) in [5, 5.41) is 20.8. The Bertz CT molecular complexity index is 1110. The zero-order valence-corrected chi connectivity index (χ0v) is 18.4. The summed E-state index contributed by atoms with van der Waals surface area (Å²) >= 11 is 3.31. The first-order valence-electron chi connectivity index (χ1n) is 9.27. The van der Waals surface area contributed by atoms with E-state index in [-0.39, 0.29) is 24.6 Å². The van der Waals surface area contributed by atoms with Gasteiger partial charge in [-0.3, -0.25) is 4.79 Å². The lowest BCUT2D eigenvalue weighted by Crippen LogP contribution is -2.45. The highest BCUT2D eigenvalue weighted by atomic mass is 79.9. The van der Waals surface area contributed by atoms with Crippen LogP contribution in [-0.2, 0) is 11.3 Å². The Kier molecular flexibility index (Phi) is 7.14. The Balaban J connectivity index is 1.91. The quantitative estimate of drug-likeness (QED) is 0.208. The molecule has 0 saturated carbocycles. The Hall–Kier alpha value is -3.53. The maximum atomic E-state index is 12.7. The lowest BCUT2D eigenvalue weighted by atomic mass is 10.1. The Labute approximate surface area is 186 Å². The van der Waals surface area contributed by atoms with Crippen LogP contribution in [0.1, 0.15) is 33.3 Å². The number of Topliss-reactive ketones (excluding diaryl/α,β-unsaturated/α-hetero) is 1. The third-order valence-corrected chi connectivity index (χ3v) is 4.72. The number of benzene rings is 2. The van der Waals surface area contributed by atoms with Crippen molar-refractivity contribution in [1.82, 2.24) is 10.0 Å². The van der Waals surface area contributed by atoms with Gasteiger partial charge < -0.3 is 14.6 Å². The topological polar surface area (TPSA) is 110 Å². The number of methoxy groups -OCH3 is 1. The van der Waals surface area contributed by atoms with Crippen molar-refractivity contribution < 1.29 is 28.9 Å². The van der Waals surface area contributed by atoms with E-state index < -0.39 is 11.8 Å². The Morgan fingerprint density at radius 1 is 1.19 bits per heavy atom. The lowest BCUT2D eigenvalue weighted by molar-refractivity contribution is -0.745. The highest BCUT2D eigenvalue weighted by Crippen LogP contribution is 2.14. The van der Waals surface area contributed by atoms with Crippen LogP contribution in [0.15, 0.2) is 58.1 Å². The van der Waals surface area contributed by atoms with Gasteiger partial charge in [0, 0.05) is 10.0 Å². The van der Waals surface area contributed by atoms with E-state index in [2.05, 4.69) is 26.2 Å². The second-order valence-electron chi connectivity index (χ2n) is 6.26. The van der Waals surface area contributed by atoms with Gasteiger partial charge in [0.1, 0.15) is 11.0 Å². The molecule has 3 aromatic rings. The normalized spacial score (nSPS) is 10.9. The molecule has 0 N–H and O–H groups in total. The Morgan fingerprint density at radius 3 is 2.48 bits per heavy atom. The largest absolute Gasteiger partial charge is 0.836 e. The molecule has 0 saturated heterocycles. The number of aromatic nitrogens is 3. The van der Waals surface area contributed by atoms with Gasteiger partial charge >= 0.3 is 5.97 Å². The molecule has 0 fully saturated rings. The lowest BCUT2D eigenvalue weighted by Gasteiger charge is -2.03. The van der Waals surface area contributed by atoms with E-state index in [9.17, 15) is 14.7 Å². The fourth-order valence-corrected chi connectivity index (χ4v) is 2.91. The van der Waals surface area contributed by atoms with Crippen LogP contribution in [0, 0.1) is 0 Å². The van der Waals surface area contributed by atoms with Crippen LogP contribution in [0.3, 0.4) is 0 Å². The summed E-state index contributed by atoms with van der Waals surface area (Å²) in [5.74, 6) is -1.31. The van der Waals surface area contributed by atoms with Crippen LogP contribution >= 0.6 is 15.9 Å². The summed E-state index contributed by atoms with van der Waals surface area (Å²) in [4.78, 5) is 25.7. The van der Waals surface area contributed by atoms with Crippen LogP contribution < -0.4 is 14.5 Å². The first-order chi connectivity index (χ1) is 14.9. The monoisotopic (exact) mass is 486 g/mol. The van der Waals surface area contributed by atoms with Crippen molar-refractivity contribution in [3.8, 4) is 11.6 Å². The molecule has 0 radical (unpaired) electrons. The number of ketones is 1. The fraction of sp³-hybridized carbons (Fsp3) is 0.190. The number of halogens is 1. The summed E-state index contributed by atoms with van der Waals surface area (Å²) in [6.07, 6.45) is 1.41. The zero-order chi connectivity index (χ0) is 22.4. The van der Waals surface area contributed by atoms with E-state index in [0.717, 1.165) is 13.9 Å². The van der Waals surface area contributed by atoms with E-state index in [1.165, 1.54) is 6.21 Å². The molecular weight excluding hydrogens is 468 g/mol. The summed E-state index contributed by atoms with van der Waals surface area (Å²) in [6, 6.07) is 13.7. The molecule has 31 heavy (non-hydrogen) atoms. The number of ether oxygens (including phenoxy) is 2. The number of hydrogen-bond acceptors (Lipinski definition) is 7. The molecule has 3 rings (SSSR count). The molecule has 2 aromatic carbocycles. The van der Waals surface area contributed by atoms with Crippen LogP contribution in [-0.4, -0.2) is 41.7 Å². The number of carbonyl (C=O) groups excluding carboxylic acids is 2. The van der Waals surface area contributed by atoms with Gasteiger partial charge in [0.2, 0.25) is 5.78 Å². The van der Waals surface area contributed by atoms with Crippen LogP contribution in [0.4, 0.5) is 0 Å². The molecular formula is C21H19BrN4O5. The smallest absolute Gasteiger partial charge is 0.383 e. The maximum absolute atomic E-state index is 12.7. The fourth-order valence-electron chi connectivity index (χ4n) is 2.65. The van der Waals surface area contributed by atoms with Gasteiger partial charge in [0.05, 0.1) is 19.9 Å². The van der Waals surface area contributed by atoms with E-state index in [1.54, 1.807) is 62.6 Å². The van der Waals surface area contributed by atoms with Crippen LogP contribution in [0.2, 0.25) is 0 Å². The molecule has 9 nitrogen and oxygen atoms in total. The molecule has 0 bridgehead atoms. The summed E-state index contributed by atoms with van der Waals surface area (Å²) in [6.45, 7) is 1.36. The average molecular weight is 487 g/mol. The molecule has 1 heterocycles. The van der Waals surface area contributed by atoms with Crippen molar-refractivity contribution >= 4 is 33.9 Å². The molecule has 0 aliphatic rings. The molecule has 0 atom stereocenters. The van der Waals surface area contributed by atoms with E-state index in [0.29, 0.717) is 16.9 Å². The highest BCUT2D eigenvalue weighted by Gasteiger charge is 2.29. The van der Waals surface area contributed by atoms with E-state index >= 15 is 0 Å². The number of esters is 1. The molecule has 0 aliphatic heterocycles. The van der Waals surface area contributed by atoms with Gasteiger partial charge in [-0.25, -0.2) is 4.79 Å². The minimum atomic E-state index is -0.873. The van der Waals surface area contributed by atoms with Crippen LogP contribution in [0.5, 0.6) is 11.6 Å². The van der Waals surface area contributed by atoms with Gasteiger partial charge in [-0.2, -0.15) is 0 Å². The van der Waals surface area contributed by atoms with Gasteiger partial charge in [-0.15, -0.1) is 4.68 Å². The molecule has 160 valence electrons. The third kappa shape index (κ3) is 5.34. The highest BCUT2D eigenvalue weighted by molar-refractivity contribution is 9.10. The van der Waals surface area contributed by atoms with Crippen molar-refractivity contribution in [2.24, 2.45) is 5.10 Å². The molecule has 0 aliphatic carbocycles. The van der Waals surface area contributed by atoms with E-state index in [4.69, 9.17) is 9.47 Å². The van der Waals surface area contributed by atoms with Crippen molar-refractivity contribution in [2.75, 3.05) is 13.7 Å². The van der Waals surface area contributed by atoms with Crippen molar-refractivity contribution in [3.05, 3.63) is 69.8 Å². The summed E-state index contributed by atoms with van der Waals surface area (Å²) < 4.78 is 11.9. The zero-order valence-electron chi connectivity index (χ0n) is 16.8. The molecule has 1 aromatic heterocycles. The second-order valence-corrected chi connectivity index (χ2v) is 7.17. The standard InChI is InChI=1S/C21H19BrN4O5/c1-3-31-21(29)19-20(28)26(23-12-14-4-10-17(30-2)11-5-14)24-25(19)13-18(27)15-6-8-16(22)9-7-15/h4-12H,3,13H2,1-2H3. The predicted molar refractivity (Wildman–Crippen MR) is 112 cm³/mol. The van der Waals surface area contributed by atoms with Crippen molar-refractivity contribution in [2.45, 2.75) is 13.5 Å². The second kappa shape index (κ2) is 9.98. The molecule has 10 heteroatoms. The van der Waals surface area contributed by atoms with Gasteiger partial charge in [0.25, 0.3) is 5.69 Å². The van der Waals surface area contributed by atoms with Crippen molar-refractivity contribution in [1.29, 1.82) is 0 Å². The van der Waals surface area contributed by atoms with Gasteiger partial charge in [-0.05, 0) is 53.7 Å². The minimum absolute atomic E-state index is 0.0687. The summed E-state index contributed by atoms with van der Waals surface area (Å²) in [7, 11) is 1.56. The summed E-state index contributed by atoms with van der Waals surface area (Å²) in [5.41, 5.74) is 0.722. The maximum Gasteiger partial charge on any atom is 0.383 e. The first-order valence-corrected chi connectivity index (χ1v) is 10.1. The van der Waals surface area contributed by atoms with Crippen molar-refractivity contribution in [3.63, 3.8) is 0 Å². The van der Waals surface area contributed by atoms with Crippen LogP contribution in [0.25, 0.3) is 0 Å². The molecule has 0 amide bonds. The van der Waals surface area contributed by atoms with Gasteiger partial charge in [-0.1, -0.05) is 33.2 Å². The SMILES string of the molecule is CCOC(=O)c1c([O-])n(N=Cc2ccc(OC)cc2)n[n+]1CC(=O)c1ccc(Br)cc1. The number of hydrogen-bond donors (Lipinski definition) is 0. The Morgan fingerprint density at radius 2 is 1.87 bits per heavy atom. The van der Waals surface area contributed by atoms with E-state index in [1.807, 2.05) is 0 Å². The first kappa shape index (κ1) is 22.2.